The fraction of sp³-hybridized carbons (Fsp3) is 0.793. The summed E-state index contributed by atoms with van der Waals surface area (Å²) in [7, 11) is 0. The number of carbonyl (C=O) groups is 4. The van der Waals surface area contributed by atoms with Crippen molar-refractivity contribution in [2.75, 3.05) is 13.2 Å². The van der Waals surface area contributed by atoms with Crippen LogP contribution < -0.4 is 0 Å². The predicted octanol–water partition coefficient (Wildman–Crippen LogP) is 6.51. The van der Waals surface area contributed by atoms with E-state index in [1.807, 2.05) is 6.92 Å². The topological polar surface area (TPSA) is 96.0 Å². The van der Waals surface area contributed by atoms with E-state index in [4.69, 9.17) is 14.2 Å². The molecular weight excluding hydrogens is 460 g/mol. The first-order chi connectivity index (χ1) is 17.2. The SMILES string of the molecule is CC=C(C)C(=O)OCC(COC(=O)C(C)C(=O)C(C)CCC)OC(=O)CCCCCCCCCCC. The molecule has 0 aromatic rings. The maximum Gasteiger partial charge on any atom is 0.333 e. The molecule has 0 N–H and O–H groups in total. The lowest BCUT2D eigenvalue weighted by Crippen LogP contribution is -2.34. The first-order valence-electron chi connectivity index (χ1n) is 13.9. The Bertz CT molecular complexity index is 683. The number of esters is 3. The second-order valence-corrected chi connectivity index (χ2v) is 9.70. The van der Waals surface area contributed by atoms with Crippen molar-refractivity contribution >= 4 is 23.7 Å². The Hall–Kier alpha value is -2.18. The molecule has 0 heterocycles. The van der Waals surface area contributed by atoms with Gasteiger partial charge in [-0.25, -0.2) is 4.79 Å². The largest absolute Gasteiger partial charge is 0.461 e. The summed E-state index contributed by atoms with van der Waals surface area (Å²) >= 11 is 0. The summed E-state index contributed by atoms with van der Waals surface area (Å²) in [5.74, 6) is -2.92. The summed E-state index contributed by atoms with van der Waals surface area (Å²) < 4.78 is 16.0. The number of ether oxygens (including phenoxy) is 3. The summed E-state index contributed by atoms with van der Waals surface area (Å²) in [4.78, 5) is 49.2. The van der Waals surface area contributed by atoms with Crippen LogP contribution in [-0.2, 0) is 33.4 Å². The van der Waals surface area contributed by atoms with Crippen molar-refractivity contribution in [3.8, 4) is 0 Å². The first-order valence-corrected chi connectivity index (χ1v) is 13.9. The monoisotopic (exact) mass is 510 g/mol. The lowest BCUT2D eigenvalue weighted by molar-refractivity contribution is -0.168. The van der Waals surface area contributed by atoms with Crippen molar-refractivity contribution in [1.29, 1.82) is 0 Å². The fourth-order valence-corrected chi connectivity index (χ4v) is 3.76. The average molecular weight is 511 g/mol. The molecule has 7 nitrogen and oxygen atoms in total. The van der Waals surface area contributed by atoms with Gasteiger partial charge >= 0.3 is 17.9 Å². The first kappa shape index (κ1) is 33.8. The van der Waals surface area contributed by atoms with Crippen LogP contribution in [0.5, 0.6) is 0 Å². The Labute approximate surface area is 218 Å². The minimum atomic E-state index is -0.927. The molecule has 36 heavy (non-hydrogen) atoms. The van der Waals surface area contributed by atoms with Gasteiger partial charge in [-0.05, 0) is 33.6 Å². The predicted molar refractivity (Wildman–Crippen MR) is 141 cm³/mol. The highest BCUT2D eigenvalue weighted by Gasteiger charge is 2.28. The second-order valence-electron chi connectivity index (χ2n) is 9.70. The van der Waals surface area contributed by atoms with Crippen molar-refractivity contribution in [2.24, 2.45) is 11.8 Å². The van der Waals surface area contributed by atoms with Gasteiger partial charge in [-0.2, -0.15) is 0 Å². The number of ketones is 1. The average Bonchev–Trinajstić information content (AvgIpc) is 2.87. The number of carbonyl (C=O) groups excluding carboxylic acids is 4. The molecule has 0 amide bonds. The molecule has 0 saturated heterocycles. The zero-order valence-corrected chi connectivity index (χ0v) is 23.6. The summed E-state index contributed by atoms with van der Waals surface area (Å²) in [5.41, 5.74) is 0.427. The van der Waals surface area contributed by atoms with Crippen LogP contribution in [0.4, 0.5) is 0 Å². The zero-order valence-electron chi connectivity index (χ0n) is 23.6. The van der Waals surface area contributed by atoms with Gasteiger partial charge in [0.25, 0.3) is 0 Å². The van der Waals surface area contributed by atoms with E-state index < -0.39 is 29.9 Å². The number of rotatable bonds is 21. The molecule has 3 atom stereocenters. The van der Waals surface area contributed by atoms with Crippen LogP contribution in [0.3, 0.4) is 0 Å². The van der Waals surface area contributed by atoms with Crippen LogP contribution in [0.2, 0.25) is 0 Å². The number of allylic oxidation sites excluding steroid dienone is 1. The summed E-state index contributed by atoms with van der Waals surface area (Å²) in [6.07, 6.45) is 12.8. The van der Waals surface area contributed by atoms with E-state index in [9.17, 15) is 19.2 Å². The number of hydrogen-bond donors (Lipinski definition) is 0. The molecule has 0 saturated carbocycles. The normalized spacial score (nSPS) is 14.0. The van der Waals surface area contributed by atoms with Crippen molar-refractivity contribution in [1.82, 2.24) is 0 Å². The third-order valence-corrected chi connectivity index (χ3v) is 6.34. The molecule has 0 radical (unpaired) electrons. The van der Waals surface area contributed by atoms with Crippen molar-refractivity contribution in [3.63, 3.8) is 0 Å². The molecule has 0 spiro atoms. The van der Waals surface area contributed by atoms with Crippen molar-refractivity contribution in [2.45, 2.75) is 125 Å². The van der Waals surface area contributed by atoms with Gasteiger partial charge in [-0.15, -0.1) is 0 Å². The van der Waals surface area contributed by atoms with E-state index in [1.165, 1.54) is 45.4 Å². The highest BCUT2D eigenvalue weighted by atomic mass is 16.6. The summed E-state index contributed by atoms with van der Waals surface area (Å²) in [6, 6.07) is 0. The van der Waals surface area contributed by atoms with E-state index in [-0.39, 0.29) is 31.3 Å². The van der Waals surface area contributed by atoms with Crippen molar-refractivity contribution < 1.29 is 33.4 Å². The summed E-state index contributed by atoms with van der Waals surface area (Å²) in [5, 5.41) is 0. The Morgan fingerprint density at radius 3 is 1.89 bits per heavy atom. The molecule has 0 fully saturated rings. The minimum Gasteiger partial charge on any atom is -0.461 e. The van der Waals surface area contributed by atoms with E-state index in [0.29, 0.717) is 12.0 Å². The molecule has 208 valence electrons. The number of Topliss-reactive ketones (excluding diaryl/α,β-unsaturated/α-hetero) is 1. The second kappa shape index (κ2) is 21.0. The van der Waals surface area contributed by atoms with Gasteiger partial charge < -0.3 is 14.2 Å². The quantitative estimate of drug-likeness (QED) is 0.0570. The van der Waals surface area contributed by atoms with E-state index in [1.54, 1.807) is 26.8 Å². The van der Waals surface area contributed by atoms with Crippen LogP contribution in [-0.4, -0.2) is 43.0 Å². The Morgan fingerprint density at radius 1 is 0.778 bits per heavy atom. The molecule has 7 heteroatoms. The smallest absolute Gasteiger partial charge is 0.333 e. The molecule has 3 unspecified atom stereocenters. The van der Waals surface area contributed by atoms with E-state index in [0.717, 1.165) is 25.7 Å². The molecule has 0 aliphatic rings. The molecule has 0 bridgehead atoms. The van der Waals surface area contributed by atoms with E-state index >= 15 is 0 Å². The maximum absolute atomic E-state index is 12.4. The lowest BCUT2D eigenvalue weighted by atomic mass is 9.92. The lowest BCUT2D eigenvalue weighted by Gasteiger charge is -2.20. The number of unbranched alkanes of at least 4 members (excludes halogenated alkanes) is 8. The van der Waals surface area contributed by atoms with E-state index in [2.05, 4.69) is 6.92 Å². The van der Waals surface area contributed by atoms with Gasteiger partial charge in [0, 0.05) is 17.9 Å². The molecule has 0 aromatic heterocycles. The maximum atomic E-state index is 12.4. The van der Waals surface area contributed by atoms with Crippen LogP contribution in [0.15, 0.2) is 11.6 Å². The Morgan fingerprint density at radius 2 is 1.33 bits per heavy atom. The van der Waals surface area contributed by atoms with Gasteiger partial charge in [-0.3, -0.25) is 14.4 Å². The van der Waals surface area contributed by atoms with Gasteiger partial charge in [0.2, 0.25) is 0 Å². The van der Waals surface area contributed by atoms with Crippen LogP contribution >= 0.6 is 0 Å². The van der Waals surface area contributed by atoms with Gasteiger partial charge in [0.05, 0.1) is 0 Å². The highest BCUT2D eigenvalue weighted by Crippen LogP contribution is 2.15. The fourth-order valence-electron chi connectivity index (χ4n) is 3.76. The molecular formula is C29H50O7. The van der Waals surface area contributed by atoms with Crippen LogP contribution in [0.1, 0.15) is 119 Å². The molecule has 0 rings (SSSR count). The standard InChI is InChI=1S/C29H50O7/c1-7-10-11-12-13-14-15-16-17-19-26(30)36-25(20-34-28(32)22(4)9-3)21-35-29(33)24(6)27(31)23(5)18-8-2/h9,23-25H,7-8,10-21H2,1-6H3. The van der Waals surface area contributed by atoms with Crippen molar-refractivity contribution in [3.05, 3.63) is 11.6 Å². The van der Waals surface area contributed by atoms with Crippen LogP contribution in [0, 0.1) is 11.8 Å². The van der Waals surface area contributed by atoms with Gasteiger partial charge in [0.15, 0.2) is 6.10 Å². The van der Waals surface area contributed by atoms with Crippen LogP contribution in [0.25, 0.3) is 0 Å². The molecule has 0 aliphatic carbocycles. The number of hydrogen-bond acceptors (Lipinski definition) is 7. The Kier molecular flexibility index (Phi) is 19.7. The minimum absolute atomic E-state index is 0.170. The summed E-state index contributed by atoms with van der Waals surface area (Å²) in [6.45, 7) is 10.4. The Balaban J connectivity index is 4.67. The molecule has 0 aromatic carbocycles. The highest BCUT2D eigenvalue weighted by molar-refractivity contribution is 5.99. The van der Waals surface area contributed by atoms with Gasteiger partial charge in [-0.1, -0.05) is 84.6 Å². The molecule has 0 aliphatic heterocycles. The third-order valence-electron chi connectivity index (χ3n) is 6.34. The zero-order chi connectivity index (χ0) is 27.3. The van der Waals surface area contributed by atoms with Gasteiger partial charge in [0.1, 0.15) is 24.9 Å². The third kappa shape index (κ3) is 15.7.